The van der Waals surface area contributed by atoms with Crippen LogP contribution in [0, 0.1) is 13.8 Å². The number of halogens is 1. The molecule has 0 aliphatic rings. The van der Waals surface area contributed by atoms with Crippen LogP contribution in [0.4, 0.5) is 0 Å². The summed E-state index contributed by atoms with van der Waals surface area (Å²) in [4.78, 5) is 22.3. The van der Waals surface area contributed by atoms with Gasteiger partial charge in [0.05, 0.1) is 0 Å². The molecule has 1 rings (SSSR count). The van der Waals surface area contributed by atoms with E-state index in [0.717, 1.165) is 5.56 Å². The average Bonchev–Trinajstić information content (AvgIpc) is 2.02. The number of benzene rings is 1. The van der Waals surface area contributed by atoms with E-state index in [1.165, 1.54) is 6.92 Å². The molecule has 0 atom stereocenters. The van der Waals surface area contributed by atoms with Gasteiger partial charge in [0.2, 0.25) is 0 Å². The Labute approximate surface area is 87.9 Å². The first-order chi connectivity index (χ1) is 6.45. The Kier molecular flexibility index (Phi) is 3.06. The monoisotopic (exact) mass is 210 g/mol. The maximum absolute atomic E-state index is 11.3. The molecule has 2 nitrogen and oxygen atoms in total. The van der Waals surface area contributed by atoms with Crippen molar-refractivity contribution in [3.05, 3.63) is 34.4 Å². The lowest BCUT2D eigenvalue weighted by Gasteiger charge is -2.08. The molecule has 0 heterocycles. The van der Waals surface area contributed by atoms with Crippen LogP contribution in [0.5, 0.6) is 0 Å². The van der Waals surface area contributed by atoms with Crippen molar-refractivity contribution in [2.75, 3.05) is 0 Å². The third-order valence-corrected chi connectivity index (χ3v) is 2.44. The van der Waals surface area contributed by atoms with Crippen molar-refractivity contribution in [2.45, 2.75) is 20.8 Å². The Hall–Kier alpha value is -1.15. The molecule has 0 fully saturated rings. The zero-order valence-electron chi connectivity index (χ0n) is 8.35. The first-order valence-electron chi connectivity index (χ1n) is 4.26. The van der Waals surface area contributed by atoms with E-state index in [0.29, 0.717) is 16.7 Å². The zero-order chi connectivity index (χ0) is 10.9. The molecule has 1 aromatic carbocycles. The summed E-state index contributed by atoms with van der Waals surface area (Å²) in [5, 5.41) is -0.523. The van der Waals surface area contributed by atoms with Crippen molar-refractivity contribution < 1.29 is 9.59 Å². The number of rotatable bonds is 2. The minimum atomic E-state index is -0.523. The molecule has 3 heteroatoms. The highest BCUT2D eigenvalue weighted by molar-refractivity contribution is 6.68. The van der Waals surface area contributed by atoms with E-state index in [4.69, 9.17) is 11.6 Å². The summed E-state index contributed by atoms with van der Waals surface area (Å²) in [6.07, 6.45) is 0. The second kappa shape index (κ2) is 3.93. The van der Waals surface area contributed by atoms with E-state index in [1.807, 2.05) is 6.92 Å². The largest absolute Gasteiger partial charge is 0.294 e. The Balaban J connectivity index is 3.49. The molecule has 0 spiro atoms. The number of carbonyl (C=O) groups is 2. The van der Waals surface area contributed by atoms with Crippen LogP contribution in [0.3, 0.4) is 0 Å². The van der Waals surface area contributed by atoms with Gasteiger partial charge in [0, 0.05) is 11.1 Å². The first-order valence-corrected chi connectivity index (χ1v) is 4.64. The summed E-state index contributed by atoms with van der Waals surface area (Å²) >= 11 is 5.39. The molecule has 0 N–H and O–H groups in total. The topological polar surface area (TPSA) is 34.1 Å². The van der Waals surface area contributed by atoms with Gasteiger partial charge in [0.25, 0.3) is 5.24 Å². The molecule has 0 bridgehead atoms. The Bertz CT molecular complexity index is 408. The molecule has 0 saturated heterocycles. The third kappa shape index (κ3) is 1.85. The summed E-state index contributed by atoms with van der Waals surface area (Å²) in [6, 6.07) is 3.38. The van der Waals surface area contributed by atoms with Crippen LogP contribution in [0.15, 0.2) is 12.1 Å². The van der Waals surface area contributed by atoms with Gasteiger partial charge in [-0.15, -0.1) is 0 Å². The fourth-order valence-corrected chi connectivity index (χ4v) is 1.81. The summed E-state index contributed by atoms with van der Waals surface area (Å²) in [7, 11) is 0. The van der Waals surface area contributed by atoms with E-state index in [9.17, 15) is 9.59 Å². The molecular weight excluding hydrogens is 200 g/mol. The van der Waals surface area contributed by atoms with Crippen molar-refractivity contribution in [2.24, 2.45) is 0 Å². The highest BCUT2D eigenvalue weighted by Gasteiger charge is 2.14. The minimum absolute atomic E-state index is 0.0419. The fraction of sp³-hybridized carbons (Fsp3) is 0.273. The normalized spacial score (nSPS) is 10.0. The van der Waals surface area contributed by atoms with E-state index < -0.39 is 5.24 Å². The molecule has 0 amide bonds. The number of hydrogen-bond donors (Lipinski definition) is 0. The molecule has 0 saturated carbocycles. The van der Waals surface area contributed by atoms with Crippen molar-refractivity contribution in [1.82, 2.24) is 0 Å². The van der Waals surface area contributed by atoms with Crippen LogP contribution in [0.2, 0.25) is 0 Å². The van der Waals surface area contributed by atoms with Crippen LogP contribution >= 0.6 is 11.6 Å². The zero-order valence-corrected chi connectivity index (χ0v) is 9.11. The van der Waals surface area contributed by atoms with Crippen LogP contribution < -0.4 is 0 Å². The molecule has 74 valence electrons. The lowest BCUT2D eigenvalue weighted by molar-refractivity contribution is 0.101. The van der Waals surface area contributed by atoms with Gasteiger partial charge in [-0.2, -0.15) is 0 Å². The van der Waals surface area contributed by atoms with Gasteiger partial charge < -0.3 is 0 Å². The standard InChI is InChI=1S/C11H11ClO2/c1-6-4-5-9(11(12)14)7(2)10(6)8(3)13/h4-5H,1-3H3. The molecule has 0 aliphatic heterocycles. The Morgan fingerprint density at radius 1 is 1.21 bits per heavy atom. The minimum Gasteiger partial charge on any atom is -0.294 e. The number of ketones is 1. The molecule has 1 aromatic rings. The van der Waals surface area contributed by atoms with Gasteiger partial charge in [0.1, 0.15) is 0 Å². The number of Topliss-reactive ketones (excluding diaryl/α,β-unsaturated/α-hetero) is 1. The highest BCUT2D eigenvalue weighted by atomic mass is 35.5. The Morgan fingerprint density at radius 2 is 1.79 bits per heavy atom. The van der Waals surface area contributed by atoms with E-state index in [1.54, 1.807) is 19.1 Å². The van der Waals surface area contributed by atoms with E-state index in [2.05, 4.69) is 0 Å². The van der Waals surface area contributed by atoms with Crippen molar-refractivity contribution in [3.8, 4) is 0 Å². The van der Waals surface area contributed by atoms with Gasteiger partial charge in [-0.1, -0.05) is 6.07 Å². The van der Waals surface area contributed by atoms with Gasteiger partial charge in [-0.25, -0.2) is 0 Å². The maximum Gasteiger partial charge on any atom is 0.252 e. The van der Waals surface area contributed by atoms with Crippen LogP contribution in [0.25, 0.3) is 0 Å². The fourth-order valence-electron chi connectivity index (χ4n) is 1.60. The first kappa shape index (κ1) is 10.9. The van der Waals surface area contributed by atoms with Gasteiger partial charge in [-0.05, 0) is 49.6 Å². The number of hydrogen-bond acceptors (Lipinski definition) is 2. The van der Waals surface area contributed by atoms with Crippen LogP contribution in [0.1, 0.15) is 38.8 Å². The summed E-state index contributed by atoms with van der Waals surface area (Å²) < 4.78 is 0. The smallest absolute Gasteiger partial charge is 0.252 e. The van der Waals surface area contributed by atoms with Crippen molar-refractivity contribution in [1.29, 1.82) is 0 Å². The predicted octanol–water partition coefficient (Wildman–Crippen LogP) is 2.89. The van der Waals surface area contributed by atoms with Crippen LogP contribution in [-0.2, 0) is 0 Å². The number of carbonyl (C=O) groups excluding carboxylic acids is 2. The Morgan fingerprint density at radius 3 is 2.21 bits per heavy atom. The van der Waals surface area contributed by atoms with Crippen molar-refractivity contribution in [3.63, 3.8) is 0 Å². The van der Waals surface area contributed by atoms with E-state index >= 15 is 0 Å². The average molecular weight is 211 g/mol. The maximum atomic E-state index is 11.3. The molecule has 0 aromatic heterocycles. The quantitative estimate of drug-likeness (QED) is 0.556. The highest BCUT2D eigenvalue weighted by Crippen LogP contribution is 2.20. The van der Waals surface area contributed by atoms with Crippen LogP contribution in [-0.4, -0.2) is 11.0 Å². The lowest BCUT2D eigenvalue weighted by atomic mass is 9.96. The van der Waals surface area contributed by atoms with Crippen molar-refractivity contribution >= 4 is 22.6 Å². The molecule has 14 heavy (non-hydrogen) atoms. The summed E-state index contributed by atoms with van der Waals surface area (Å²) in [6.45, 7) is 5.06. The van der Waals surface area contributed by atoms with Gasteiger partial charge >= 0.3 is 0 Å². The molecule has 0 unspecified atom stereocenters. The second-order valence-corrected chi connectivity index (χ2v) is 3.60. The summed E-state index contributed by atoms with van der Waals surface area (Å²) in [5.41, 5.74) is 2.54. The molecular formula is C11H11ClO2. The molecule has 0 radical (unpaired) electrons. The lowest BCUT2D eigenvalue weighted by Crippen LogP contribution is -2.05. The number of aryl methyl sites for hydroxylation is 1. The molecule has 0 aliphatic carbocycles. The SMILES string of the molecule is CC(=O)c1c(C)ccc(C(=O)Cl)c1C. The van der Waals surface area contributed by atoms with Gasteiger partial charge in [-0.3, -0.25) is 9.59 Å². The van der Waals surface area contributed by atoms with E-state index in [-0.39, 0.29) is 5.78 Å². The summed E-state index contributed by atoms with van der Waals surface area (Å²) in [5.74, 6) is -0.0419. The third-order valence-electron chi connectivity index (χ3n) is 2.24. The predicted molar refractivity (Wildman–Crippen MR) is 56.1 cm³/mol. The van der Waals surface area contributed by atoms with Gasteiger partial charge in [0.15, 0.2) is 5.78 Å². The second-order valence-electron chi connectivity index (χ2n) is 3.26.